The Hall–Kier alpha value is -2.56. The summed E-state index contributed by atoms with van der Waals surface area (Å²) in [6.07, 6.45) is 0.304. The minimum Gasteiger partial charge on any atom is -0.457 e. The number of benzene rings is 1. The van der Waals surface area contributed by atoms with E-state index in [1.165, 1.54) is 39.0 Å². The number of nitrogens with zero attached hydrogens (tertiary/aromatic N) is 2. The SMILES string of the molecule is CCC(C)(C)C(=O)OCC(F)(F)S(=O)(=O)On1c(C)nc2ccccc2c1=O. The molecule has 0 aliphatic carbocycles. The molecular weight excluding hydrogens is 398 g/mol. The maximum atomic E-state index is 14.2. The van der Waals surface area contributed by atoms with Crippen LogP contribution < -0.4 is 9.84 Å². The topological polar surface area (TPSA) is 105 Å². The highest BCUT2D eigenvalue weighted by Gasteiger charge is 2.50. The lowest BCUT2D eigenvalue weighted by Gasteiger charge is -2.23. The smallest absolute Gasteiger partial charge is 0.414 e. The third-order valence-corrected chi connectivity index (χ3v) is 5.44. The van der Waals surface area contributed by atoms with Crippen LogP contribution in [0.3, 0.4) is 0 Å². The lowest BCUT2D eigenvalue weighted by Crippen LogP contribution is -2.45. The minimum atomic E-state index is -5.66. The van der Waals surface area contributed by atoms with Crippen LogP contribution in [0.2, 0.25) is 0 Å². The molecule has 1 heterocycles. The second kappa shape index (κ2) is 7.46. The quantitative estimate of drug-likeness (QED) is 0.634. The van der Waals surface area contributed by atoms with Gasteiger partial charge in [-0.3, -0.25) is 13.9 Å². The van der Waals surface area contributed by atoms with Gasteiger partial charge in [-0.1, -0.05) is 19.1 Å². The molecule has 0 aliphatic heterocycles. The molecule has 28 heavy (non-hydrogen) atoms. The van der Waals surface area contributed by atoms with Gasteiger partial charge in [0.25, 0.3) is 5.56 Å². The van der Waals surface area contributed by atoms with Crippen molar-refractivity contribution in [2.75, 3.05) is 6.61 Å². The number of carbonyl (C=O) groups is 1. The molecule has 0 saturated carbocycles. The Morgan fingerprint density at radius 2 is 1.86 bits per heavy atom. The van der Waals surface area contributed by atoms with E-state index in [0.717, 1.165) is 0 Å². The van der Waals surface area contributed by atoms with Gasteiger partial charge in [-0.2, -0.15) is 17.2 Å². The van der Waals surface area contributed by atoms with E-state index in [0.29, 0.717) is 6.42 Å². The van der Waals surface area contributed by atoms with Gasteiger partial charge in [-0.15, -0.1) is 4.73 Å². The van der Waals surface area contributed by atoms with Crippen LogP contribution in [0.1, 0.15) is 33.0 Å². The predicted molar refractivity (Wildman–Crippen MR) is 96.2 cm³/mol. The average molecular weight is 418 g/mol. The molecular formula is C17H20F2N2O6S. The Labute approximate surface area is 160 Å². The number of esters is 1. The summed E-state index contributed by atoms with van der Waals surface area (Å²) in [5.41, 5.74) is -1.77. The standard InChI is InChI=1S/C17H20F2N2O6S/c1-5-16(3,4)15(23)26-10-17(18,19)28(24,25)27-21-11(2)20-13-9-7-6-8-12(13)14(21)22/h6-9H,5,10H2,1-4H3. The van der Waals surface area contributed by atoms with Crippen molar-refractivity contribution >= 4 is 27.0 Å². The molecule has 1 aromatic carbocycles. The van der Waals surface area contributed by atoms with Gasteiger partial charge in [-0.25, -0.2) is 4.98 Å². The van der Waals surface area contributed by atoms with E-state index in [4.69, 9.17) is 0 Å². The summed E-state index contributed by atoms with van der Waals surface area (Å²) in [7, 11) is -5.66. The third-order valence-electron chi connectivity index (χ3n) is 4.24. The van der Waals surface area contributed by atoms with E-state index < -0.39 is 38.9 Å². The molecule has 1 aromatic heterocycles. The van der Waals surface area contributed by atoms with Crippen molar-refractivity contribution in [1.29, 1.82) is 0 Å². The van der Waals surface area contributed by atoms with Crippen molar-refractivity contribution < 1.29 is 31.0 Å². The highest BCUT2D eigenvalue weighted by Crippen LogP contribution is 2.26. The Bertz CT molecular complexity index is 1060. The summed E-state index contributed by atoms with van der Waals surface area (Å²) in [5, 5.41) is -4.59. The van der Waals surface area contributed by atoms with Gasteiger partial charge in [0, 0.05) is 0 Å². The summed E-state index contributed by atoms with van der Waals surface area (Å²) in [6.45, 7) is 4.09. The molecule has 8 nitrogen and oxygen atoms in total. The van der Waals surface area contributed by atoms with Gasteiger partial charge >= 0.3 is 21.3 Å². The number of para-hydroxylation sites is 1. The lowest BCUT2D eigenvalue weighted by molar-refractivity contribution is -0.160. The van der Waals surface area contributed by atoms with E-state index in [-0.39, 0.29) is 21.5 Å². The first-order valence-corrected chi connectivity index (χ1v) is 9.71. The average Bonchev–Trinajstić information content (AvgIpc) is 2.63. The molecule has 0 N–H and O–H groups in total. The van der Waals surface area contributed by atoms with E-state index >= 15 is 0 Å². The van der Waals surface area contributed by atoms with Crippen LogP contribution >= 0.6 is 0 Å². The van der Waals surface area contributed by atoms with Gasteiger partial charge in [-0.05, 0) is 39.3 Å². The number of aromatic nitrogens is 2. The normalized spacial score (nSPS) is 12.8. The van der Waals surface area contributed by atoms with Gasteiger partial charge in [0.2, 0.25) is 0 Å². The zero-order valence-corrected chi connectivity index (χ0v) is 16.5. The first-order chi connectivity index (χ1) is 12.8. The molecule has 0 spiro atoms. The molecule has 154 valence electrons. The van der Waals surface area contributed by atoms with E-state index in [9.17, 15) is 26.8 Å². The van der Waals surface area contributed by atoms with Crippen molar-refractivity contribution in [3.8, 4) is 0 Å². The van der Waals surface area contributed by atoms with Crippen molar-refractivity contribution in [1.82, 2.24) is 9.71 Å². The molecule has 0 unspecified atom stereocenters. The zero-order chi connectivity index (χ0) is 21.3. The summed E-state index contributed by atoms with van der Waals surface area (Å²) in [5.74, 6) is -1.22. The number of alkyl halides is 2. The maximum absolute atomic E-state index is 14.2. The van der Waals surface area contributed by atoms with Crippen LogP contribution in [-0.2, 0) is 19.6 Å². The fourth-order valence-corrected chi connectivity index (χ4v) is 2.71. The Kier molecular flexibility index (Phi) is 5.79. The van der Waals surface area contributed by atoms with Crippen LogP contribution in [0.5, 0.6) is 0 Å². The molecule has 0 atom stereocenters. The van der Waals surface area contributed by atoms with E-state index in [1.807, 2.05) is 0 Å². The molecule has 0 radical (unpaired) electrons. The van der Waals surface area contributed by atoms with Gasteiger partial charge in [0.1, 0.15) is 5.82 Å². The Morgan fingerprint density at radius 3 is 2.46 bits per heavy atom. The summed E-state index contributed by atoms with van der Waals surface area (Å²) in [4.78, 5) is 28.2. The fraction of sp³-hybridized carbons (Fsp3) is 0.471. The second-order valence-electron chi connectivity index (χ2n) is 6.76. The van der Waals surface area contributed by atoms with E-state index in [2.05, 4.69) is 14.0 Å². The number of carbonyl (C=O) groups excluding carboxylic acids is 1. The number of halogens is 2. The number of hydrogen-bond acceptors (Lipinski definition) is 7. The highest BCUT2D eigenvalue weighted by molar-refractivity contribution is 7.88. The third kappa shape index (κ3) is 4.13. The van der Waals surface area contributed by atoms with Crippen molar-refractivity contribution in [3.63, 3.8) is 0 Å². The molecule has 0 aliphatic rings. The first-order valence-electron chi connectivity index (χ1n) is 8.30. The summed E-state index contributed by atoms with van der Waals surface area (Å²) in [6, 6.07) is 5.97. The fourth-order valence-electron chi connectivity index (χ4n) is 2.03. The van der Waals surface area contributed by atoms with Crippen molar-refractivity contribution in [2.45, 2.75) is 39.4 Å². The molecule has 0 saturated heterocycles. The van der Waals surface area contributed by atoms with Gasteiger partial charge < -0.3 is 4.74 Å². The largest absolute Gasteiger partial charge is 0.457 e. The Balaban J connectivity index is 2.31. The van der Waals surface area contributed by atoms with Crippen LogP contribution in [-0.4, -0.2) is 36.0 Å². The second-order valence-corrected chi connectivity index (χ2v) is 8.41. The highest BCUT2D eigenvalue weighted by atomic mass is 32.2. The zero-order valence-electron chi connectivity index (χ0n) is 15.7. The van der Waals surface area contributed by atoms with Crippen LogP contribution in [0.15, 0.2) is 29.1 Å². The van der Waals surface area contributed by atoms with Crippen LogP contribution in [0, 0.1) is 12.3 Å². The summed E-state index contributed by atoms with van der Waals surface area (Å²) >= 11 is 0. The molecule has 0 amide bonds. The van der Waals surface area contributed by atoms with Crippen LogP contribution in [0.25, 0.3) is 10.9 Å². The maximum Gasteiger partial charge on any atom is 0.414 e. The predicted octanol–water partition coefficient (Wildman–Crippen LogP) is 2.04. The van der Waals surface area contributed by atoms with E-state index in [1.54, 1.807) is 13.0 Å². The molecule has 0 bridgehead atoms. The lowest BCUT2D eigenvalue weighted by atomic mass is 9.91. The number of hydrogen-bond donors (Lipinski definition) is 0. The molecule has 11 heteroatoms. The number of aryl methyl sites for hydroxylation is 1. The monoisotopic (exact) mass is 418 g/mol. The number of rotatable bonds is 7. The van der Waals surface area contributed by atoms with Gasteiger partial charge in [0.15, 0.2) is 6.61 Å². The molecule has 2 aromatic rings. The first kappa shape index (κ1) is 21.7. The van der Waals surface area contributed by atoms with Crippen molar-refractivity contribution in [3.05, 3.63) is 40.4 Å². The van der Waals surface area contributed by atoms with Gasteiger partial charge in [0.05, 0.1) is 16.3 Å². The van der Waals surface area contributed by atoms with Crippen LogP contribution in [0.4, 0.5) is 8.78 Å². The number of fused-ring (bicyclic) bond motifs is 1. The number of ether oxygens (including phenoxy) is 1. The minimum absolute atomic E-state index is 0.0114. The summed E-state index contributed by atoms with van der Waals surface area (Å²) < 4.78 is 61.5. The molecule has 0 fully saturated rings. The molecule has 2 rings (SSSR count). The Morgan fingerprint density at radius 1 is 1.25 bits per heavy atom. The van der Waals surface area contributed by atoms with Crippen molar-refractivity contribution in [2.24, 2.45) is 5.41 Å².